The van der Waals surface area contributed by atoms with E-state index in [1.54, 1.807) is 5.56 Å². The van der Waals surface area contributed by atoms with Gasteiger partial charge in [0.05, 0.1) is 5.69 Å². The summed E-state index contributed by atoms with van der Waals surface area (Å²) < 4.78 is 0. The fourth-order valence-electron chi connectivity index (χ4n) is 4.93. The summed E-state index contributed by atoms with van der Waals surface area (Å²) in [6, 6.07) is 7.08. The molecule has 20 heavy (non-hydrogen) atoms. The van der Waals surface area contributed by atoms with E-state index < -0.39 is 0 Å². The first kappa shape index (κ1) is 12.6. The predicted molar refractivity (Wildman–Crippen MR) is 85.1 cm³/mol. The predicted octanol–water partition coefficient (Wildman–Crippen LogP) is 5.51. The lowest BCUT2D eigenvalue weighted by Crippen LogP contribution is -2.46. The number of rotatable bonds is 1. The molecule has 2 saturated carbocycles. The minimum absolute atomic E-state index is 0.344. The molecule has 106 valence electrons. The highest BCUT2D eigenvalue weighted by Crippen LogP contribution is 2.56. The van der Waals surface area contributed by atoms with Gasteiger partial charge in [-0.15, -0.1) is 0 Å². The molecule has 0 radical (unpaired) electrons. The van der Waals surface area contributed by atoms with Crippen molar-refractivity contribution in [1.29, 1.82) is 0 Å². The van der Waals surface area contributed by atoms with Crippen LogP contribution in [0.1, 0.15) is 75.8 Å². The molecule has 1 spiro atoms. The lowest BCUT2D eigenvalue weighted by Gasteiger charge is -2.46. The first-order valence-electron chi connectivity index (χ1n) is 8.44. The second-order valence-electron chi connectivity index (χ2n) is 7.30. The van der Waals surface area contributed by atoms with E-state index in [1.807, 2.05) is 0 Å². The van der Waals surface area contributed by atoms with E-state index in [4.69, 9.17) is 4.99 Å². The second kappa shape index (κ2) is 4.44. The van der Waals surface area contributed by atoms with E-state index in [1.165, 1.54) is 61.9 Å². The molecular formula is C19H25N. The molecule has 2 fully saturated rings. The van der Waals surface area contributed by atoms with Crippen LogP contribution in [0.15, 0.2) is 23.2 Å². The Balaban J connectivity index is 1.88. The topological polar surface area (TPSA) is 12.4 Å². The maximum absolute atomic E-state index is 5.07. The van der Waals surface area contributed by atoms with Crippen molar-refractivity contribution in [1.82, 2.24) is 0 Å². The van der Waals surface area contributed by atoms with Gasteiger partial charge < -0.3 is 0 Å². The van der Waals surface area contributed by atoms with Crippen molar-refractivity contribution in [2.75, 3.05) is 0 Å². The molecule has 4 rings (SSSR count). The van der Waals surface area contributed by atoms with Gasteiger partial charge in [-0.25, -0.2) is 0 Å². The van der Waals surface area contributed by atoms with Crippen LogP contribution < -0.4 is 0 Å². The van der Waals surface area contributed by atoms with Crippen molar-refractivity contribution in [2.45, 2.75) is 70.1 Å². The van der Waals surface area contributed by atoms with Crippen LogP contribution in [-0.4, -0.2) is 5.71 Å². The Kier molecular flexibility index (Phi) is 2.80. The van der Waals surface area contributed by atoms with Crippen LogP contribution in [0, 0.1) is 5.92 Å². The number of fused-ring (bicyclic) bond motifs is 1. The molecule has 0 unspecified atom stereocenters. The lowest BCUT2D eigenvalue weighted by molar-refractivity contribution is 0.221. The number of nitrogens with zero attached hydrogens (tertiary/aromatic N) is 1. The van der Waals surface area contributed by atoms with E-state index in [0.717, 1.165) is 5.92 Å². The van der Waals surface area contributed by atoms with Gasteiger partial charge in [-0.1, -0.05) is 38.8 Å². The Morgan fingerprint density at radius 1 is 1.15 bits per heavy atom. The van der Waals surface area contributed by atoms with Crippen LogP contribution in [0.25, 0.3) is 0 Å². The highest BCUT2D eigenvalue weighted by Gasteiger charge is 2.51. The van der Waals surface area contributed by atoms with Gasteiger partial charge in [0.2, 0.25) is 0 Å². The maximum Gasteiger partial charge on any atom is 0.0671 e. The van der Waals surface area contributed by atoms with Gasteiger partial charge in [0.25, 0.3) is 0 Å². The van der Waals surface area contributed by atoms with Gasteiger partial charge in [-0.05, 0) is 61.1 Å². The molecule has 1 aromatic rings. The summed E-state index contributed by atoms with van der Waals surface area (Å²) in [5.41, 5.74) is 6.24. The first-order chi connectivity index (χ1) is 9.72. The fourth-order valence-corrected chi connectivity index (χ4v) is 4.93. The molecule has 1 heterocycles. The van der Waals surface area contributed by atoms with Crippen LogP contribution in [0.2, 0.25) is 0 Å². The Labute approximate surface area is 122 Å². The quantitative estimate of drug-likeness (QED) is 0.636. The molecule has 1 aliphatic heterocycles. The molecule has 0 N–H and O–H groups in total. The zero-order valence-corrected chi connectivity index (χ0v) is 12.8. The smallest absolute Gasteiger partial charge is 0.0671 e. The molecule has 0 amide bonds. The van der Waals surface area contributed by atoms with Gasteiger partial charge in [0, 0.05) is 11.1 Å². The summed E-state index contributed by atoms with van der Waals surface area (Å²) in [7, 11) is 0. The third kappa shape index (κ3) is 1.58. The second-order valence-corrected chi connectivity index (χ2v) is 7.30. The summed E-state index contributed by atoms with van der Waals surface area (Å²) in [5.74, 6) is 1.48. The van der Waals surface area contributed by atoms with E-state index >= 15 is 0 Å². The summed E-state index contributed by atoms with van der Waals surface area (Å²) >= 11 is 0. The largest absolute Gasteiger partial charge is 0.257 e. The van der Waals surface area contributed by atoms with Crippen LogP contribution in [0.3, 0.4) is 0 Å². The average Bonchev–Trinajstić information content (AvgIpc) is 2.79. The Morgan fingerprint density at radius 2 is 2.00 bits per heavy atom. The van der Waals surface area contributed by atoms with E-state index in [0.29, 0.717) is 11.3 Å². The summed E-state index contributed by atoms with van der Waals surface area (Å²) in [6.45, 7) is 4.60. The van der Waals surface area contributed by atoms with Crippen molar-refractivity contribution in [2.24, 2.45) is 10.9 Å². The zero-order chi connectivity index (χ0) is 13.7. The van der Waals surface area contributed by atoms with E-state index in [2.05, 4.69) is 32.0 Å². The van der Waals surface area contributed by atoms with Crippen LogP contribution >= 0.6 is 0 Å². The summed E-state index contributed by atoms with van der Waals surface area (Å²) in [4.78, 5) is 5.07. The highest BCUT2D eigenvalue weighted by atomic mass is 14.8. The Morgan fingerprint density at radius 3 is 2.85 bits per heavy atom. The van der Waals surface area contributed by atoms with E-state index in [9.17, 15) is 0 Å². The zero-order valence-electron chi connectivity index (χ0n) is 12.8. The van der Waals surface area contributed by atoms with Crippen LogP contribution in [0.4, 0.5) is 5.69 Å². The summed E-state index contributed by atoms with van der Waals surface area (Å²) in [5, 5.41) is 0. The minimum Gasteiger partial charge on any atom is -0.257 e. The Hall–Kier alpha value is -1.11. The van der Waals surface area contributed by atoms with E-state index in [-0.39, 0.29) is 0 Å². The molecule has 2 atom stereocenters. The normalized spacial score (nSPS) is 31.6. The van der Waals surface area contributed by atoms with Crippen molar-refractivity contribution in [3.63, 3.8) is 0 Å². The van der Waals surface area contributed by atoms with Crippen molar-refractivity contribution in [3.05, 3.63) is 29.3 Å². The third-order valence-electron chi connectivity index (χ3n) is 5.98. The number of aliphatic imine (C=N–C) groups is 1. The van der Waals surface area contributed by atoms with Gasteiger partial charge in [-0.2, -0.15) is 0 Å². The molecule has 1 heteroatoms. The fraction of sp³-hybridized carbons (Fsp3) is 0.632. The van der Waals surface area contributed by atoms with Gasteiger partial charge in [0.1, 0.15) is 0 Å². The van der Waals surface area contributed by atoms with Crippen LogP contribution in [0.5, 0.6) is 0 Å². The van der Waals surface area contributed by atoms with Crippen molar-refractivity contribution in [3.8, 4) is 0 Å². The SMILES string of the molecule is CC(C)c1ccc2c(c1)[C@]13CCCC[C@H]1CCCC3=N2. The highest BCUT2D eigenvalue weighted by molar-refractivity contribution is 6.02. The average molecular weight is 267 g/mol. The van der Waals surface area contributed by atoms with Crippen molar-refractivity contribution < 1.29 is 0 Å². The maximum atomic E-state index is 5.07. The van der Waals surface area contributed by atoms with Gasteiger partial charge >= 0.3 is 0 Å². The number of hydrogen-bond acceptors (Lipinski definition) is 1. The monoisotopic (exact) mass is 267 g/mol. The molecule has 1 nitrogen and oxygen atoms in total. The molecule has 1 aromatic carbocycles. The molecular weight excluding hydrogens is 242 g/mol. The Bertz CT molecular complexity index is 567. The molecule has 0 saturated heterocycles. The van der Waals surface area contributed by atoms with Crippen molar-refractivity contribution >= 4 is 11.4 Å². The standard InChI is InChI=1S/C19H25N/c1-13(2)14-9-10-17-16(12-14)19-11-4-3-6-15(19)7-5-8-18(19)20-17/h9-10,12-13,15H,3-8,11H2,1-2H3/t15-,19-/m0/s1. The molecule has 0 aromatic heterocycles. The first-order valence-corrected chi connectivity index (χ1v) is 8.44. The molecule has 2 aliphatic carbocycles. The van der Waals surface area contributed by atoms with Crippen LogP contribution in [-0.2, 0) is 5.41 Å². The molecule has 3 aliphatic rings. The number of hydrogen-bond donors (Lipinski definition) is 0. The lowest BCUT2D eigenvalue weighted by atomic mass is 9.56. The molecule has 0 bridgehead atoms. The minimum atomic E-state index is 0.344. The third-order valence-corrected chi connectivity index (χ3v) is 5.98. The van der Waals surface area contributed by atoms with Gasteiger partial charge in [-0.3, -0.25) is 4.99 Å². The number of benzene rings is 1. The van der Waals surface area contributed by atoms with Gasteiger partial charge in [0.15, 0.2) is 0 Å². The summed E-state index contributed by atoms with van der Waals surface area (Å²) in [6.07, 6.45) is 9.61.